The first-order valence-electron chi connectivity index (χ1n) is 5.97. The molecule has 1 aromatic carbocycles. The fourth-order valence-corrected chi connectivity index (χ4v) is 1.96. The molecule has 6 heteroatoms. The van der Waals surface area contributed by atoms with Crippen LogP contribution in [0.15, 0.2) is 47.9 Å². The van der Waals surface area contributed by atoms with Crippen molar-refractivity contribution >= 4 is 17.2 Å². The molecule has 2 rings (SSSR count). The van der Waals surface area contributed by atoms with Gasteiger partial charge in [0, 0.05) is 18.8 Å². The Hall–Kier alpha value is -2.76. The highest BCUT2D eigenvalue weighted by Crippen LogP contribution is 2.33. The van der Waals surface area contributed by atoms with Crippen LogP contribution < -0.4 is 15.4 Å². The molecule has 104 valence electrons. The van der Waals surface area contributed by atoms with Gasteiger partial charge in [-0.1, -0.05) is 17.3 Å². The molecular formula is C14H16N4O2. The second kappa shape index (κ2) is 5.92. The number of hydrogen-bond donors (Lipinski definition) is 2. The number of para-hydroxylation sites is 2. The van der Waals surface area contributed by atoms with E-state index in [2.05, 4.69) is 10.1 Å². The number of pyridine rings is 1. The van der Waals surface area contributed by atoms with Crippen LogP contribution in [0.1, 0.15) is 5.56 Å². The molecule has 0 saturated heterocycles. The highest BCUT2D eigenvalue weighted by atomic mass is 16.5. The van der Waals surface area contributed by atoms with Crippen molar-refractivity contribution in [3.05, 3.63) is 48.3 Å². The third-order valence-electron chi connectivity index (χ3n) is 2.99. The predicted molar refractivity (Wildman–Crippen MR) is 77.8 cm³/mol. The van der Waals surface area contributed by atoms with Crippen molar-refractivity contribution in [3.8, 4) is 5.75 Å². The number of methoxy groups -OCH3 is 1. The summed E-state index contributed by atoms with van der Waals surface area (Å²) in [5.41, 5.74) is 7.86. The van der Waals surface area contributed by atoms with Crippen molar-refractivity contribution in [1.29, 1.82) is 0 Å². The Kier molecular flexibility index (Phi) is 4.05. The number of benzene rings is 1. The topological polar surface area (TPSA) is 84.0 Å². The zero-order valence-electron chi connectivity index (χ0n) is 11.3. The summed E-state index contributed by atoms with van der Waals surface area (Å²) in [4.78, 5) is 5.96. The third-order valence-corrected chi connectivity index (χ3v) is 2.99. The summed E-state index contributed by atoms with van der Waals surface area (Å²) >= 11 is 0. The summed E-state index contributed by atoms with van der Waals surface area (Å²) in [7, 11) is 3.48. The number of aromatic nitrogens is 1. The third kappa shape index (κ3) is 2.49. The molecule has 0 amide bonds. The van der Waals surface area contributed by atoms with Crippen molar-refractivity contribution in [3.63, 3.8) is 0 Å². The molecule has 3 N–H and O–H groups in total. The second-order valence-corrected chi connectivity index (χ2v) is 4.11. The second-order valence-electron chi connectivity index (χ2n) is 4.11. The van der Waals surface area contributed by atoms with E-state index in [0.717, 1.165) is 11.4 Å². The smallest absolute Gasteiger partial charge is 0.172 e. The Balaban J connectivity index is 2.51. The van der Waals surface area contributed by atoms with E-state index in [4.69, 9.17) is 15.7 Å². The molecule has 0 aliphatic rings. The van der Waals surface area contributed by atoms with Gasteiger partial charge in [0.05, 0.1) is 24.7 Å². The van der Waals surface area contributed by atoms with E-state index < -0.39 is 0 Å². The fraction of sp³-hybridized carbons (Fsp3) is 0.143. The van der Waals surface area contributed by atoms with E-state index >= 15 is 0 Å². The van der Waals surface area contributed by atoms with Gasteiger partial charge in [-0.05, 0) is 18.2 Å². The maximum absolute atomic E-state index is 8.87. The number of rotatable bonds is 4. The highest BCUT2D eigenvalue weighted by Gasteiger charge is 2.15. The molecule has 0 spiro atoms. The van der Waals surface area contributed by atoms with Gasteiger partial charge in [-0.25, -0.2) is 0 Å². The number of nitrogens with zero attached hydrogens (tertiary/aromatic N) is 3. The normalized spacial score (nSPS) is 11.2. The molecule has 1 heterocycles. The fourth-order valence-electron chi connectivity index (χ4n) is 1.96. The van der Waals surface area contributed by atoms with Crippen molar-refractivity contribution in [2.45, 2.75) is 0 Å². The van der Waals surface area contributed by atoms with Crippen LogP contribution in [0.3, 0.4) is 0 Å². The molecule has 0 atom stereocenters. The number of amidine groups is 1. The zero-order valence-corrected chi connectivity index (χ0v) is 11.3. The van der Waals surface area contributed by atoms with E-state index in [9.17, 15) is 0 Å². The molecule has 0 fully saturated rings. The van der Waals surface area contributed by atoms with Crippen LogP contribution in [0.5, 0.6) is 5.75 Å². The van der Waals surface area contributed by atoms with Gasteiger partial charge in [-0.3, -0.25) is 4.98 Å². The van der Waals surface area contributed by atoms with E-state index in [1.54, 1.807) is 25.6 Å². The highest BCUT2D eigenvalue weighted by molar-refractivity contribution is 6.02. The first-order chi connectivity index (χ1) is 9.69. The summed E-state index contributed by atoms with van der Waals surface area (Å²) < 4.78 is 5.34. The first-order valence-corrected chi connectivity index (χ1v) is 5.97. The number of anilines is 2. The lowest BCUT2D eigenvalue weighted by Gasteiger charge is -2.23. The van der Waals surface area contributed by atoms with Crippen LogP contribution >= 0.6 is 0 Å². The molecule has 0 unspecified atom stereocenters. The molecule has 0 bridgehead atoms. The molecule has 0 radical (unpaired) electrons. The number of hydrogen-bond acceptors (Lipinski definition) is 5. The lowest BCUT2D eigenvalue weighted by atomic mass is 10.1. The maximum atomic E-state index is 8.87. The average molecular weight is 272 g/mol. The summed E-state index contributed by atoms with van der Waals surface area (Å²) in [6, 6.07) is 9.28. The summed E-state index contributed by atoms with van der Waals surface area (Å²) in [5.74, 6) is 0.758. The van der Waals surface area contributed by atoms with E-state index in [1.165, 1.54) is 0 Å². The van der Waals surface area contributed by atoms with Gasteiger partial charge < -0.3 is 20.6 Å². The van der Waals surface area contributed by atoms with Gasteiger partial charge >= 0.3 is 0 Å². The minimum atomic E-state index is 0.0316. The molecule has 0 aliphatic heterocycles. The van der Waals surface area contributed by atoms with Crippen LogP contribution in [0.4, 0.5) is 11.4 Å². The number of nitrogens with two attached hydrogens (primary N) is 1. The molecule has 20 heavy (non-hydrogen) atoms. The molecule has 0 aliphatic carbocycles. The first kappa shape index (κ1) is 13.7. The SMILES string of the molecule is COc1ccccc1N(C)c1cnccc1/C(N)=N/O. The van der Waals surface area contributed by atoms with Gasteiger partial charge in [0.25, 0.3) is 0 Å². The van der Waals surface area contributed by atoms with Crippen LogP contribution in [-0.2, 0) is 0 Å². The predicted octanol–water partition coefficient (Wildman–Crippen LogP) is 1.95. The van der Waals surface area contributed by atoms with Crippen LogP contribution in [-0.4, -0.2) is 30.2 Å². The maximum Gasteiger partial charge on any atom is 0.172 e. The van der Waals surface area contributed by atoms with Crippen molar-refractivity contribution < 1.29 is 9.94 Å². The monoisotopic (exact) mass is 272 g/mol. The van der Waals surface area contributed by atoms with Crippen LogP contribution in [0.25, 0.3) is 0 Å². The minimum absolute atomic E-state index is 0.0316. The quantitative estimate of drug-likeness (QED) is 0.384. The molecule has 6 nitrogen and oxygen atoms in total. The molecule has 1 aromatic heterocycles. The Morgan fingerprint density at radius 2 is 2.05 bits per heavy atom. The number of ether oxygens (including phenoxy) is 1. The van der Waals surface area contributed by atoms with E-state index in [0.29, 0.717) is 11.3 Å². The van der Waals surface area contributed by atoms with Gasteiger partial charge in [-0.15, -0.1) is 0 Å². The van der Waals surface area contributed by atoms with Crippen LogP contribution in [0.2, 0.25) is 0 Å². The lowest BCUT2D eigenvalue weighted by molar-refractivity contribution is 0.318. The standard InChI is InChI=1S/C14H16N4O2/c1-18(11-5-3-4-6-13(11)20-2)12-9-16-8-7-10(12)14(15)17-19/h3-9,19H,1-2H3,(H2,15,17). The van der Waals surface area contributed by atoms with E-state index in [-0.39, 0.29) is 5.84 Å². The Bertz CT molecular complexity index is 628. The Morgan fingerprint density at radius 1 is 1.30 bits per heavy atom. The largest absolute Gasteiger partial charge is 0.495 e. The van der Waals surface area contributed by atoms with Gasteiger partial charge in [-0.2, -0.15) is 0 Å². The van der Waals surface area contributed by atoms with Crippen molar-refractivity contribution in [2.24, 2.45) is 10.9 Å². The lowest BCUT2D eigenvalue weighted by Crippen LogP contribution is -2.20. The van der Waals surface area contributed by atoms with Crippen molar-refractivity contribution in [1.82, 2.24) is 4.98 Å². The molecular weight excluding hydrogens is 256 g/mol. The number of oxime groups is 1. The Morgan fingerprint density at radius 3 is 2.75 bits per heavy atom. The van der Waals surface area contributed by atoms with Gasteiger partial charge in [0.2, 0.25) is 0 Å². The van der Waals surface area contributed by atoms with Crippen molar-refractivity contribution in [2.75, 3.05) is 19.1 Å². The molecule has 0 saturated carbocycles. The summed E-state index contributed by atoms with van der Waals surface area (Å²) in [5, 5.41) is 11.9. The summed E-state index contributed by atoms with van der Waals surface area (Å²) in [6.07, 6.45) is 3.24. The zero-order chi connectivity index (χ0) is 14.5. The molecule has 2 aromatic rings. The van der Waals surface area contributed by atoms with E-state index in [1.807, 2.05) is 36.2 Å². The van der Waals surface area contributed by atoms with Crippen LogP contribution in [0, 0.1) is 0 Å². The van der Waals surface area contributed by atoms with Gasteiger partial charge in [0.15, 0.2) is 5.84 Å². The average Bonchev–Trinajstić information content (AvgIpc) is 2.53. The summed E-state index contributed by atoms with van der Waals surface area (Å²) in [6.45, 7) is 0. The Labute approximate surface area is 117 Å². The van der Waals surface area contributed by atoms with Gasteiger partial charge in [0.1, 0.15) is 5.75 Å². The minimum Gasteiger partial charge on any atom is -0.495 e.